The van der Waals surface area contributed by atoms with E-state index in [1.165, 1.54) is 5.56 Å². The minimum atomic E-state index is -0.457. The van der Waals surface area contributed by atoms with Gasteiger partial charge in [-0.1, -0.05) is 25.5 Å². The van der Waals surface area contributed by atoms with Crippen LogP contribution in [-0.2, 0) is 6.54 Å². The SMILES string of the molecule is CCCC1(O)CN(Cc2ccc(C#N)cc2)C1. The van der Waals surface area contributed by atoms with Crippen LogP contribution in [0.15, 0.2) is 24.3 Å². The molecule has 0 unspecified atom stereocenters. The van der Waals surface area contributed by atoms with Gasteiger partial charge in [-0.05, 0) is 24.1 Å². The molecule has 1 N–H and O–H groups in total. The number of likely N-dealkylation sites (tertiary alicyclic amines) is 1. The molecule has 1 saturated heterocycles. The number of benzene rings is 1. The third-order valence-electron chi connectivity index (χ3n) is 3.24. The molecule has 0 aromatic heterocycles. The van der Waals surface area contributed by atoms with Crippen molar-refractivity contribution < 1.29 is 5.11 Å². The van der Waals surface area contributed by atoms with E-state index in [1.54, 1.807) is 0 Å². The Morgan fingerprint density at radius 2 is 2.00 bits per heavy atom. The van der Waals surface area contributed by atoms with Crippen LogP contribution in [0.25, 0.3) is 0 Å². The Balaban J connectivity index is 1.85. The van der Waals surface area contributed by atoms with E-state index in [2.05, 4.69) is 17.9 Å². The quantitative estimate of drug-likeness (QED) is 0.859. The molecular formula is C14H18N2O. The first kappa shape index (κ1) is 12.1. The second-order valence-electron chi connectivity index (χ2n) is 4.93. The summed E-state index contributed by atoms with van der Waals surface area (Å²) in [5, 5.41) is 18.8. The molecule has 1 heterocycles. The van der Waals surface area contributed by atoms with Gasteiger partial charge in [0.2, 0.25) is 0 Å². The first-order valence-electron chi connectivity index (χ1n) is 6.09. The van der Waals surface area contributed by atoms with Gasteiger partial charge in [-0.15, -0.1) is 0 Å². The second-order valence-corrected chi connectivity index (χ2v) is 4.93. The normalized spacial score (nSPS) is 18.4. The van der Waals surface area contributed by atoms with Crippen LogP contribution in [0.4, 0.5) is 0 Å². The number of nitriles is 1. The van der Waals surface area contributed by atoms with Crippen molar-refractivity contribution in [1.82, 2.24) is 4.90 Å². The number of hydrogen-bond donors (Lipinski definition) is 1. The van der Waals surface area contributed by atoms with Crippen LogP contribution in [0.3, 0.4) is 0 Å². The lowest BCUT2D eigenvalue weighted by Crippen LogP contribution is -2.60. The molecule has 3 heteroatoms. The van der Waals surface area contributed by atoms with E-state index in [4.69, 9.17) is 5.26 Å². The molecule has 90 valence electrons. The number of nitrogens with zero attached hydrogens (tertiary/aromatic N) is 2. The van der Waals surface area contributed by atoms with Crippen molar-refractivity contribution in [3.63, 3.8) is 0 Å². The maximum Gasteiger partial charge on any atom is 0.0991 e. The lowest BCUT2D eigenvalue weighted by molar-refractivity contribution is -0.106. The summed E-state index contributed by atoms with van der Waals surface area (Å²) < 4.78 is 0. The zero-order chi connectivity index (χ0) is 12.3. The Bertz CT molecular complexity index is 413. The van der Waals surface area contributed by atoms with Gasteiger partial charge >= 0.3 is 0 Å². The van der Waals surface area contributed by atoms with Crippen molar-refractivity contribution in [3.05, 3.63) is 35.4 Å². The third kappa shape index (κ3) is 2.85. The molecule has 0 spiro atoms. The molecule has 1 aromatic carbocycles. The number of rotatable bonds is 4. The van der Waals surface area contributed by atoms with Crippen molar-refractivity contribution in [1.29, 1.82) is 5.26 Å². The summed E-state index contributed by atoms with van der Waals surface area (Å²) in [6.07, 6.45) is 1.91. The van der Waals surface area contributed by atoms with E-state index in [0.29, 0.717) is 5.56 Å². The summed E-state index contributed by atoms with van der Waals surface area (Å²) in [4.78, 5) is 2.23. The molecular weight excluding hydrogens is 212 g/mol. The lowest BCUT2D eigenvalue weighted by atomic mass is 9.89. The van der Waals surface area contributed by atoms with E-state index in [1.807, 2.05) is 24.3 Å². The smallest absolute Gasteiger partial charge is 0.0991 e. The molecule has 2 rings (SSSR count). The molecule has 0 atom stereocenters. The zero-order valence-corrected chi connectivity index (χ0v) is 10.2. The fourth-order valence-electron chi connectivity index (χ4n) is 2.46. The Hall–Kier alpha value is -1.37. The van der Waals surface area contributed by atoms with E-state index in [9.17, 15) is 5.11 Å². The van der Waals surface area contributed by atoms with Crippen LogP contribution in [0.5, 0.6) is 0 Å². The zero-order valence-electron chi connectivity index (χ0n) is 10.2. The topological polar surface area (TPSA) is 47.3 Å². The van der Waals surface area contributed by atoms with Gasteiger partial charge in [-0.3, -0.25) is 4.90 Å². The summed E-state index contributed by atoms with van der Waals surface area (Å²) in [6, 6.07) is 9.76. The standard InChI is InChI=1S/C14H18N2O/c1-2-7-14(17)10-16(11-14)9-13-5-3-12(8-15)4-6-13/h3-6,17H,2,7,9-11H2,1H3. The summed E-state index contributed by atoms with van der Waals surface area (Å²) in [5.41, 5.74) is 1.43. The summed E-state index contributed by atoms with van der Waals surface area (Å²) >= 11 is 0. The minimum Gasteiger partial charge on any atom is -0.387 e. The van der Waals surface area contributed by atoms with E-state index in [-0.39, 0.29) is 0 Å². The van der Waals surface area contributed by atoms with Gasteiger partial charge < -0.3 is 5.11 Å². The molecule has 1 fully saturated rings. The van der Waals surface area contributed by atoms with Gasteiger partial charge in [0.1, 0.15) is 0 Å². The Morgan fingerprint density at radius 1 is 1.35 bits per heavy atom. The predicted molar refractivity (Wildman–Crippen MR) is 66.3 cm³/mol. The maximum atomic E-state index is 10.1. The second kappa shape index (κ2) is 4.87. The van der Waals surface area contributed by atoms with Gasteiger partial charge in [0.05, 0.1) is 17.2 Å². The van der Waals surface area contributed by atoms with Gasteiger partial charge in [-0.2, -0.15) is 5.26 Å². The van der Waals surface area contributed by atoms with Gasteiger partial charge in [0, 0.05) is 19.6 Å². The molecule has 1 aromatic rings. The summed E-state index contributed by atoms with van der Waals surface area (Å²) in [6.45, 7) is 4.49. The van der Waals surface area contributed by atoms with Gasteiger partial charge in [-0.25, -0.2) is 0 Å². The predicted octanol–water partition coefficient (Wildman–Crippen LogP) is 1.91. The molecule has 1 aliphatic heterocycles. The Labute approximate surface area is 102 Å². The molecule has 3 nitrogen and oxygen atoms in total. The van der Waals surface area contributed by atoms with E-state index in [0.717, 1.165) is 32.5 Å². The van der Waals surface area contributed by atoms with Crippen molar-refractivity contribution in [2.75, 3.05) is 13.1 Å². The highest BCUT2D eigenvalue weighted by Crippen LogP contribution is 2.27. The van der Waals surface area contributed by atoms with E-state index >= 15 is 0 Å². The van der Waals surface area contributed by atoms with Crippen molar-refractivity contribution in [3.8, 4) is 6.07 Å². The van der Waals surface area contributed by atoms with Crippen molar-refractivity contribution in [2.24, 2.45) is 0 Å². The van der Waals surface area contributed by atoms with Crippen LogP contribution in [0.1, 0.15) is 30.9 Å². The van der Waals surface area contributed by atoms with Crippen molar-refractivity contribution >= 4 is 0 Å². The van der Waals surface area contributed by atoms with Crippen LogP contribution in [-0.4, -0.2) is 28.7 Å². The first-order valence-corrected chi connectivity index (χ1v) is 6.09. The first-order chi connectivity index (χ1) is 8.15. The number of β-amino-alcohol motifs (C(OH)–C–C–N with tert-alkyl or cyclic N) is 1. The highest BCUT2D eigenvalue weighted by molar-refractivity contribution is 5.31. The highest BCUT2D eigenvalue weighted by Gasteiger charge is 2.39. The minimum absolute atomic E-state index is 0.457. The van der Waals surface area contributed by atoms with Gasteiger partial charge in [0.25, 0.3) is 0 Å². The maximum absolute atomic E-state index is 10.1. The molecule has 0 saturated carbocycles. The number of aliphatic hydroxyl groups is 1. The van der Waals surface area contributed by atoms with Crippen LogP contribution >= 0.6 is 0 Å². The van der Waals surface area contributed by atoms with Crippen LogP contribution < -0.4 is 0 Å². The fraction of sp³-hybridized carbons (Fsp3) is 0.500. The van der Waals surface area contributed by atoms with Crippen LogP contribution in [0, 0.1) is 11.3 Å². The summed E-state index contributed by atoms with van der Waals surface area (Å²) in [7, 11) is 0. The molecule has 17 heavy (non-hydrogen) atoms. The van der Waals surface area contributed by atoms with Crippen molar-refractivity contribution in [2.45, 2.75) is 31.9 Å². The molecule has 0 bridgehead atoms. The molecule has 0 amide bonds. The van der Waals surface area contributed by atoms with E-state index < -0.39 is 5.60 Å². The number of hydrogen-bond acceptors (Lipinski definition) is 3. The Kier molecular flexibility index (Phi) is 3.46. The molecule has 0 aliphatic carbocycles. The van der Waals surface area contributed by atoms with Crippen LogP contribution in [0.2, 0.25) is 0 Å². The summed E-state index contributed by atoms with van der Waals surface area (Å²) in [5.74, 6) is 0. The fourth-order valence-corrected chi connectivity index (χ4v) is 2.46. The third-order valence-corrected chi connectivity index (χ3v) is 3.24. The lowest BCUT2D eigenvalue weighted by Gasteiger charge is -2.46. The largest absolute Gasteiger partial charge is 0.387 e. The average molecular weight is 230 g/mol. The Morgan fingerprint density at radius 3 is 2.53 bits per heavy atom. The average Bonchev–Trinajstić information content (AvgIpc) is 2.28. The molecule has 1 aliphatic rings. The highest BCUT2D eigenvalue weighted by atomic mass is 16.3. The monoisotopic (exact) mass is 230 g/mol. The van der Waals surface area contributed by atoms with Gasteiger partial charge in [0.15, 0.2) is 0 Å². The molecule has 0 radical (unpaired) electrons.